The molecule has 60 valence electrons. The maximum atomic E-state index is 10.7. The van der Waals surface area contributed by atoms with Gasteiger partial charge in [0.15, 0.2) is 0 Å². The molecule has 0 unspecified atom stereocenters. The van der Waals surface area contributed by atoms with E-state index in [1.165, 1.54) is 6.26 Å². The summed E-state index contributed by atoms with van der Waals surface area (Å²) in [4.78, 5) is 0. The molecule has 1 aliphatic rings. The molecule has 0 aromatic carbocycles. The number of hydrogen-bond acceptors (Lipinski definition) is 2. The van der Waals surface area contributed by atoms with Crippen molar-refractivity contribution in [2.45, 2.75) is 10.8 Å². The predicted molar refractivity (Wildman–Crippen MR) is 42.3 cm³/mol. The fourth-order valence-corrected chi connectivity index (χ4v) is 2.66. The first kappa shape index (κ1) is 8.62. The van der Waals surface area contributed by atoms with Gasteiger partial charge in [0.25, 0.3) is 0 Å². The molecule has 10 heavy (non-hydrogen) atoms. The number of sulfone groups is 1. The molecule has 0 spiro atoms. The number of halogens is 2. The van der Waals surface area contributed by atoms with Crippen LogP contribution >= 0.6 is 23.2 Å². The first-order chi connectivity index (χ1) is 4.31. The zero-order valence-electron chi connectivity index (χ0n) is 5.47. The number of rotatable bonds is 2. The van der Waals surface area contributed by atoms with Gasteiger partial charge in [-0.05, 0) is 6.42 Å². The molecule has 0 aliphatic heterocycles. The van der Waals surface area contributed by atoms with Crippen LogP contribution in [0.25, 0.3) is 0 Å². The van der Waals surface area contributed by atoms with Crippen molar-refractivity contribution in [3.63, 3.8) is 0 Å². The Labute approximate surface area is 70.4 Å². The molecule has 0 amide bonds. The minimum Gasteiger partial charge on any atom is -0.229 e. The van der Waals surface area contributed by atoms with Crippen molar-refractivity contribution in [1.82, 2.24) is 0 Å². The van der Waals surface area contributed by atoms with Crippen molar-refractivity contribution < 1.29 is 8.42 Å². The smallest absolute Gasteiger partial charge is 0.147 e. The summed E-state index contributed by atoms with van der Waals surface area (Å²) >= 11 is 11.2. The molecule has 5 heteroatoms. The molecule has 1 rings (SSSR count). The maximum absolute atomic E-state index is 10.7. The van der Waals surface area contributed by atoms with Crippen molar-refractivity contribution in [2.24, 2.45) is 5.92 Å². The summed E-state index contributed by atoms with van der Waals surface area (Å²) in [5, 5.41) is 0. The standard InChI is InChI=1S/C5H8Cl2O2S/c1-10(8,9)3-4-2-5(4,6)7/h4H,2-3H2,1H3/t4-/m1/s1. The van der Waals surface area contributed by atoms with Gasteiger partial charge in [-0.2, -0.15) is 0 Å². The van der Waals surface area contributed by atoms with Crippen molar-refractivity contribution >= 4 is 33.0 Å². The lowest BCUT2D eigenvalue weighted by Gasteiger charge is -1.96. The number of hydrogen-bond donors (Lipinski definition) is 0. The lowest BCUT2D eigenvalue weighted by molar-refractivity contribution is 0.598. The van der Waals surface area contributed by atoms with Gasteiger partial charge in [0, 0.05) is 12.2 Å². The Balaban J connectivity index is 2.46. The van der Waals surface area contributed by atoms with E-state index in [4.69, 9.17) is 23.2 Å². The van der Waals surface area contributed by atoms with E-state index < -0.39 is 14.2 Å². The Morgan fingerprint density at radius 2 is 2.00 bits per heavy atom. The first-order valence-electron chi connectivity index (χ1n) is 2.87. The van der Waals surface area contributed by atoms with Crippen LogP contribution in [-0.2, 0) is 9.84 Å². The van der Waals surface area contributed by atoms with Gasteiger partial charge in [-0.15, -0.1) is 23.2 Å². The van der Waals surface area contributed by atoms with Crippen LogP contribution in [0.2, 0.25) is 0 Å². The molecule has 2 nitrogen and oxygen atoms in total. The van der Waals surface area contributed by atoms with Crippen molar-refractivity contribution in [2.75, 3.05) is 12.0 Å². The molecule has 0 N–H and O–H groups in total. The largest absolute Gasteiger partial charge is 0.229 e. The van der Waals surface area contributed by atoms with Crippen LogP contribution in [0.1, 0.15) is 6.42 Å². The maximum Gasteiger partial charge on any atom is 0.147 e. The van der Waals surface area contributed by atoms with E-state index >= 15 is 0 Å². The van der Waals surface area contributed by atoms with Gasteiger partial charge in [-0.1, -0.05) is 0 Å². The summed E-state index contributed by atoms with van der Waals surface area (Å²) in [7, 11) is -2.90. The molecule has 0 aromatic rings. The summed E-state index contributed by atoms with van der Waals surface area (Å²) in [6.45, 7) is 0. The third-order valence-electron chi connectivity index (χ3n) is 1.46. The van der Waals surface area contributed by atoms with Crippen molar-refractivity contribution in [3.05, 3.63) is 0 Å². The second kappa shape index (κ2) is 2.26. The quantitative estimate of drug-likeness (QED) is 0.632. The van der Waals surface area contributed by atoms with E-state index in [1.54, 1.807) is 0 Å². The van der Waals surface area contributed by atoms with Crippen LogP contribution in [0.15, 0.2) is 0 Å². The third-order valence-corrected chi connectivity index (χ3v) is 3.39. The van der Waals surface area contributed by atoms with Gasteiger partial charge in [-0.25, -0.2) is 8.42 Å². The van der Waals surface area contributed by atoms with Gasteiger partial charge in [0.1, 0.15) is 14.2 Å². The normalized spacial score (nSPS) is 30.1. The van der Waals surface area contributed by atoms with Crippen LogP contribution in [0.3, 0.4) is 0 Å². The Hall–Kier alpha value is 0.530. The molecule has 0 aromatic heterocycles. The summed E-state index contributed by atoms with van der Waals surface area (Å²) in [6.07, 6.45) is 1.79. The minimum atomic E-state index is -2.90. The summed E-state index contributed by atoms with van der Waals surface area (Å²) < 4.78 is 20.5. The van der Waals surface area contributed by atoms with Crippen LogP contribution < -0.4 is 0 Å². The molecule has 0 radical (unpaired) electrons. The Kier molecular flexibility index (Phi) is 1.95. The zero-order valence-corrected chi connectivity index (χ0v) is 7.80. The molecule has 1 aliphatic carbocycles. The van der Waals surface area contributed by atoms with Crippen molar-refractivity contribution in [1.29, 1.82) is 0 Å². The van der Waals surface area contributed by atoms with Gasteiger partial charge in [0.05, 0.1) is 5.75 Å². The Morgan fingerprint density at radius 3 is 2.10 bits per heavy atom. The summed E-state index contributed by atoms with van der Waals surface area (Å²) in [5.74, 6) is 0.0610. The second-order valence-corrected chi connectivity index (χ2v) is 6.48. The fraction of sp³-hybridized carbons (Fsp3) is 1.00. The molecular formula is C5H8Cl2O2S. The van der Waals surface area contributed by atoms with Crippen LogP contribution in [0.5, 0.6) is 0 Å². The SMILES string of the molecule is CS(=O)(=O)C[C@H]1CC1(Cl)Cl. The molecule has 0 bridgehead atoms. The molecule has 1 saturated carbocycles. The van der Waals surface area contributed by atoms with Crippen LogP contribution in [-0.4, -0.2) is 24.8 Å². The minimum absolute atomic E-state index is 0.0502. The molecular weight excluding hydrogens is 195 g/mol. The fourth-order valence-electron chi connectivity index (χ4n) is 0.816. The molecule has 0 saturated heterocycles. The lowest BCUT2D eigenvalue weighted by Crippen LogP contribution is -2.08. The number of alkyl halides is 2. The third kappa shape index (κ3) is 2.29. The highest BCUT2D eigenvalue weighted by atomic mass is 35.5. The molecule has 1 atom stereocenters. The predicted octanol–water partition coefficient (Wildman–Crippen LogP) is 1.22. The first-order valence-corrected chi connectivity index (χ1v) is 5.68. The highest BCUT2D eigenvalue weighted by Gasteiger charge is 2.52. The topological polar surface area (TPSA) is 34.1 Å². The van der Waals surface area contributed by atoms with E-state index in [1.807, 2.05) is 0 Å². The summed E-state index contributed by atoms with van der Waals surface area (Å²) in [5.41, 5.74) is 0. The monoisotopic (exact) mass is 202 g/mol. The van der Waals surface area contributed by atoms with Gasteiger partial charge in [0.2, 0.25) is 0 Å². The van der Waals surface area contributed by atoms with Crippen LogP contribution in [0.4, 0.5) is 0 Å². The molecule has 0 heterocycles. The van der Waals surface area contributed by atoms with E-state index in [2.05, 4.69) is 0 Å². The van der Waals surface area contributed by atoms with E-state index in [-0.39, 0.29) is 11.7 Å². The van der Waals surface area contributed by atoms with E-state index in [0.717, 1.165) is 0 Å². The highest BCUT2D eigenvalue weighted by Crippen LogP contribution is 2.53. The summed E-state index contributed by atoms with van der Waals surface area (Å²) in [6, 6.07) is 0. The molecule has 1 fully saturated rings. The average molecular weight is 203 g/mol. The van der Waals surface area contributed by atoms with Crippen molar-refractivity contribution in [3.8, 4) is 0 Å². The Morgan fingerprint density at radius 1 is 1.60 bits per heavy atom. The van der Waals surface area contributed by atoms with E-state index in [0.29, 0.717) is 6.42 Å². The van der Waals surface area contributed by atoms with Crippen LogP contribution in [0, 0.1) is 5.92 Å². The van der Waals surface area contributed by atoms with E-state index in [9.17, 15) is 8.42 Å². The van der Waals surface area contributed by atoms with Gasteiger partial charge < -0.3 is 0 Å². The Bertz CT molecular complexity index is 232. The average Bonchev–Trinajstić information content (AvgIpc) is 2.05. The van der Waals surface area contributed by atoms with Gasteiger partial charge >= 0.3 is 0 Å². The lowest BCUT2D eigenvalue weighted by atomic mass is 10.5. The highest BCUT2D eigenvalue weighted by molar-refractivity contribution is 7.90. The zero-order chi connectivity index (χ0) is 7.99. The second-order valence-electron chi connectivity index (χ2n) is 2.75. The van der Waals surface area contributed by atoms with Gasteiger partial charge in [-0.3, -0.25) is 0 Å².